The van der Waals surface area contributed by atoms with Crippen molar-refractivity contribution in [3.05, 3.63) is 0 Å². The summed E-state index contributed by atoms with van der Waals surface area (Å²) in [6.45, 7) is 8.85. The molecule has 1 rings (SSSR count). The molecule has 1 aliphatic carbocycles. The molecule has 0 bridgehead atoms. The Labute approximate surface area is 88.8 Å². The lowest BCUT2D eigenvalue weighted by Gasteiger charge is -2.30. The molecule has 0 saturated heterocycles. The van der Waals surface area contributed by atoms with Gasteiger partial charge in [0.25, 0.3) is 0 Å². The van der Waals surface area contributed by atoms with Crippen molar-refractivity contribution in [3.63, 3.8) is 0 Å². The molecule has 0 radical (unpaired) electrons. The second kappa shape index (κ2) is 5.72. The SMILES string of the molecule is CCNC(C)(C)CNC1CCCCC1. The minimum atomic E-state index is 0.242. The minimum absolute atomic E-state index is 0.242. The highest BCUT2D eigenvalue weighted by Gasteiger charge is 2.19. The van der Waals surface area contributed by atoms with E-state index in [1.807, 2.05) is 0 Å². The first-order chi connectivity index (χ1) is 6.64. The van der Waals surface area contributed by atoms with Gasteiger partial charge in [-0.3, -0.25) is 0 Å². The summed E-state index contributed by atoms with van der Waals surface area (Å²) in [4.78, 5) is 0. The van der Waals surface area contributed by atoms with Gasteiger partial charge in [0.05, 0.1) is 0 Å². The highest BCUT2D eigenvalue weighted by molar-refractivity contribution is 4.82. The highest BCUT2D eigenvalue weighted by atomic mass is 15.0. The van der Waals surface area contributed by atoms with Crippen LogP contribution in [-0.4, -0.2) is 24.7 Å². The van der Waals surface area contributed by atoms with E-state index in [0.717, 1.165) is 19.1 Å². The van der Waals surface area contributed by atoms with Crippen molar-refractivity contribution in [1.29, 1.82) is 0 Å². The molecule has 0 amide bonds. The zero-order valence-electron chi connectivity index (χ0n) is 10.0. The van der Waals surface area contributed by atoms with Crippen molar-refractivity contribution in [1.82, 2.24) is 10.6 Å². The average molecular weight is 198 g/mol. The Morgan fingerprint density at radius 3 is 2.36 bits per heavy atom. The Hall–Kier alpha value is -0.0800. The van der Waals surface area contributed by atoms with Crippen molar-refractivity contribution in [2.75, 3.05) is 13.1 Å². The van der Waals surface area contributed by atoms with Crippen LogP contribution in [0, 0.1) is 0 Å². The van der Waals surface area contributed by atoms with E-state index in [4.69, 9.17) is 0 Å². The van der Waals surface area contributed by atoms with E-state index >= 15 is 0 Å². The maximum Gasteiger partial charge on any atom is 0.0249 e. The number of rotatable bonds is 5. The Bertz CT molecular complexity index is 148. The molecule has 1 saturated carbocycles. The second-order valence-corrected chi connectivity index (χ2v) is 5.13. The van der Waals surface area contributed by atoms with Gasteiger partial charge in [-0.15, -0.1) is 0 Å². The molecule has 0 atom stereocenters. The summed E-state index contributed by atoms with van der Waals surface area (Å²) in [5.74, 6) is 0. The summed E-state index contributed by atoms with van der Waals surface area (Å²) in [6.07, 6.45) is 7.03. The Morgan fingerprint density at radius 1 is 1.14 bits per heavy atom. The lowest BCUT2D eigenvalue weighted by atomic mass is 9.94. The monoisotopic (exact) mass is 198 g/mol. The molecule has 0 aromatic heterocycles. The van der Waals surface area contributed by atoms with Crippen molar-refractivity contribution in [3.8, 4) is 0 Å². The molecule has 0 heterocycles. The Balaban J connectivity index is 2.17. The van der Waals surface area contributed by atoms with Crippen LogP contribution in [0.1, 0.15) is 52.9 Å². The highest BCUT2D eigenvalue weighted by Crippen LogP contribution is 2.17. The summed E-state index contributed by atoms with van der Waals surface area (Å²) < 4.78 is 0. The van der Waals surface area contributed by atoms with Crippen LogP contribution >= 0.6 is 0 Å². The fourth-order valence-corrected chi connectivity index (χ4v) is 2.25. The van der Waals surface area contributed by atoms with Gasteiger partial charge in [-0.1, -0.05) is 26.2 Å². The van der Waals surface area contributed by atoms with Gasteiger partial charge in [-0.05, 0) is 33.2 Å². The molecule has 0 aliphatic heterocycles. The summed E-state index contributed by atoms with van der Waals surface area (Å²) >= 11 is 0. The predicted molar refractivity (Wildman–Crippen MR) is 62.6 cm³/mol. The summed E-state index contributed by atoms with van der Waals surface area (Å²) in [7, 11) is 0. The van der Waals surface area contributed by atoms with Gasteiger partial charge in [0.2, 0.25) is 0 Å². The smallest absolute Gasteiger partial charge is 0.0249 e. The molecule has 0 aromatic rings. The van der Waals surface area contributed by atoms with E-state index in [0.29, 0.717) is 0 Å². The van der Waals surface area contributed by atoms with Gasteiger partial charge in [-0.25, -0.2) is 0 Å². The van der Waals surface area contributed by atoms with E-state index in [-0.39, 0.29) is 5.54 Å². The Morgan fingerprint density at radius 2 is 1.79 bits per heavy atom. The zero-order chi connectivity index (χ0) is 10.4. The van der Waals surface area contributed by atoms with Gasteiger partial charge in [0, 0.05) is 18.1 Å². The summed E-state index contributed by atoms with van der Waals surface area (Å²) in [6, 6.07) is 0.779. The average Bonchev–Trinajstić information content (AvgIpc) is 2.17. The van der Waals surface area contributed by atoms with Gasteiger partial charge < -0.3 is 10.6 Å². The van der Waals surface area contributed by atoms with Crippen LogP contribution in [0.4, 0.5) is 0 Å². The van der Waals surface area contributed by atoms with Crippen LogP contribution in [0.15, 0.2) is 0 Å². The van der Waals surface area contributed by atoms with E-state index in [9.17, 15) is 0 Å². The first-order valence-corrected chi connectivity index (χ1v) is 6.12. The maximum atomic E-state index is 3.68. The zero-order valence-corrected chi connectivity index (χ0v) is 10.0. The van der Waals surface area contributed by atoms with Gasteiger partial charge in [0.15, 0.2) is 0 Å². The molecule has 0 aromatic carbocycles. The van der Waals surface area contributed by atoms with E-state index in [1.54, 1.807) is 0 Å². The third-order valence-corrected chi connectivity index (χ3v) is 3.09. The van der Waals surface area contributed by atoms with Crippen LogP contribution in [0.5, 0.6) is 0 Å². The molecular formula is C12H26N2. The predicted octanol–water partition coefficient (Wildman–Crippen LogP) is 2.30. The van der Waals surface area contributed by atoms with Crippen LogP contribution in [-0.2, 0) is 0 Å². The number of nitrogens with one attached hydrogen (secondary N) is 2. The van der Waals surface area contributed by atoms with Crippen molar-refractivity contribution in [2.24, 2.45) is 0 Å². The lowest BCUT2D eigenvalue weighted by Crippen LogP contribution is -2.50. The summed E-state index contributed by atoms with van der Waals surface area (Å²) in [5.41, 5.74) is 0.242. The molecule has 1 fully saturated rings. The fourth-order valence-electron chi connectivity index (χ4n) is 2.25. The maximum absolute atomic E-state index is 3.68. The van der Waals surface area contributed by atoms with Crippen LogP contribution in [0.25, 0.3) is 0 Å². The van der Waals surface area contributed by atoms with E-state index < -0.39 is 0 Å². The molecule has 0 spiro atoms. The third-order valence-electron chi connectivity index (χ3n) is 3.09. The van der Waals surface area contributed by atoms with Crippen LogP contribution < -0.4 is 10.6 Å². The topological polar surface area (TPSA) is 24.1 Å². The number of hydrogen-bond acceptors (Lipinski definition) is 2. The van der Waals surface area contributed by atoms with Gasteiger partial charge in [-0.2, -0.15) is 0 Å². The van der Waals surface area contributed by atoms with Crippen molar-refractivity contribution >= 4 is 0 Å². The van der Waals surface area contributed by atoms with Gasteiger partial charge >= 0.3 is 0 Å². The van der Waals surface area contributed by atoms with Crippen LogP contribution in [0.3, 0.4) is 0 Å². The quantitative estimate of drug-likeness (QED) is 0.708. The molecule has 2 N–H and O–H groups in total. The van der Waals surface area contributed by atoms with Crippen molar-refractivity contribution in [2.45, 2.75) is 64.5 Å². The van der Waals surface area contributed by atoms with Gasteiger partial charge in [0.1, 0.15) is 0 Å². The van der Waals surface area contributed by atoms with E-state index in [1.165, 1.54) is 32.1 Å². The first-order valence-electron chi connectivity index (χ1n) is 6.12. The normalized spacial score (nSPS) is 19.9. The fraction of sp³-hybridized carbons (Fsp3) is 1.00. The molecule has 2 nitrogen and oxygen atoms in total. The van der Waals surface area contributed by atoms with E-state index in [2.05, 4.69) is 31.4 Å². The Kier molecular flexibility index (Phi) is 4.90. The van der Waals surface area contributed by atoms with Crippen molar-refractivity contribution < 1.29 is 0 Å². The first kappa shape index (κ1) is 12.0. The lowest BCUT2D eigenvalue weighted by molar-refractivity contribution is 0.311. The molecule has 14 heavy (non-hydrogen) atoms. The minimum Gasteiger partial charge on any atom is -0.312 e. The second-order valence-electron chi connectivity index (χ2n) is 5.13. The largest absolute Gasteiger partial charge is 0.312 e. The number of likely N-dealkylation sites (N-methyl/N-ethyl adjacent to an activating group) is 1. The third kappa shape index (κ3) is 4.43. The number of hydrogen-bond donors (Lipinski definition) is 2. The summed E-state index contributed by atoms with van der Waals surface area (Å²) in [5, 5.41) is 7.18. The standard InChI is InChI=1S/C12H26N2/c1-4-14-12(2,3)10-13-11-8-6-5-7-9-11/h11,13-14H,4-10H2,1-3H3. The molecular weight excluding hydrogens is 172 g/mol. The molecule has 84 valence electrons. The molecule has 1 aliphatic rings. The molecule has 2 heteroatoms. The van der Waals surface area contributed by atoms with Crippen LogP contribution in [0.2, 0.25) is 0 Å². The molecule has 0 unspecified atom stereocenters.